The van der Waals surface area contributed by atoms with Crippen LogP contribution in [-0.4, -0.2) is 53.9 Å². The van der Waals surface area contributed by atoms with Gasteiger partial charge in [-0.3, -0.25) is 0 Å². The largest absolute Gasteiger partial charge is 0.354 e. The van der Waals surface area contributed by atoms with Gasteiger partial charge in [-0.15, -0.1) is 0 Å². The lowest BCUT2D eigenvalue weighted by atomic mass is 10.2. The highest BCUT2D eigenvalue weighted by molar-refractivity contribution is 7.89. The number of halogens is 2. The topological polar surface area (TPSA) is 91.3 Å². The minimum Gasteiger partial charge on any atom is -0.354 e. The first-order valence-corrected chi connectivity index (χ1v) is 12.2. The van der Waals surface area contributed by atoms with Gasteiger partial charge in [0.1, 0.15) is 28.2 Å². The van der Waals surface area contributed by atoms with Crippen molar-refractivity contribution in [3.63, 3.8) is 0 Å². The number of rotatable bonds is 5. The second-order valence-corrected chi connectivity index (χ2v) is 10.1. The lowest BCUT2D eigenvalue weighted by molar-refractivity contribution is 0.383. The van der Waals surface area contributed by atoms with Crippen molar-refractivity contribution in [1.29, 1.82) is 0 Å². The van der Waals surface area contributed by atoms with Crippen LogP contribution in [0.5, 0.6) is 0 Å². The van der Waals surface area contributed by atoms with Crippen LogP contribution < -0.4 is 10.2 Å². The van der Waals surface area contributed by atoms with Gasteiger partial charge in [0.05, 0.1) is 5.02 Å². The summed E-state index contributed by atoms with van der Waals surface area (Å²) in [7, 11) is -3.73. The number of hydrogen-bond donors (Lipinski definition) is 1. The number of pyridine rings is 1. The summed E-state index contributed by atoms with van der Waals surface area (Å²) in [5.74, 6) is 2.65. The van der Waals surface area contributed by atoms with Crippen LogP contribution in [0.3, 0.4) is 0 Å². The average Bonchev–Trinajstić information content (AvgIpc) is 2.76. The predicted octanol–water partition coefficient (Wildman–Crippen LogP) is 4.05. The Morgan fingerprint density at radius 1 is 0.938 bits per heavy atom. The molecule has 3 heterocycles. The van der Waals surface area contributed by atoms with E-state index in [0.717, 1.165) is 5.82 Å². The fourth-order valence-electron chi connectivity index (χ4n) is 3.47. The number of piperazine rings is 1. The monoisotopic (exact) mass is 492 g/mol. The molecular weight excluding hydrogens is 471 g/mol. The molecule has 0 spiro atoms. The molecule has 8 nitrogen and oxygen atoms in total. The molecule has 1 N–H and O–H groups in total. The van der Waals surface area contributed by atoms with Gasteiger partial charge in [-0.05, 0) is 43.7 Å². The molecule has 11 heteroatoms. The van der Waals surface area contributed by atoms with Crippen LogP contribution in [-0.2, 0) is 10.0 Å². The molecule has 0 aliphatic carbocycles. The fraction of sp³-hybridized carbons (Fsp3) is 0.286. The molecule has 1 fully saturated rings. The van der Waals surface area contributed by atoms with Crippen molar-refractivity contribution in [1.82, 2.24) is 19.3 Å². The molecule has 0 bridgehead atoms. The molecule has 32 heavy (non-hydrogen) atoms. The Morgan fingerprint density at radius 2 is 1.69 bits per heavy atom. The molecule has 4 rings (SSSR count). The first kappa shape index (κ1) is 22.7. The van der Waals surface area contributed by atoms with Crippen LogP contribution in [0.2, 0.25) is 10.0 Å². The molecule has 2 aromatic heterocycles. The first-order chi connectivity index (χ1) is 15.2. The van der Waals surface area contributed by atoms with Gasteiger partial charge in [0.25, 0.3) is 0 Å². The number of sulfonamides is 1. The van der Waals surface area contributed by atoms with E-state index in [1.165, 1.54) is 16.4 Å². The van der Waals surface area contributed by atoms with Gasteiger partial charge >= 0.3 is 0 Å². The number of hydrogen-bond acceptors (Lipinski definition) is 7. The maximum atomic E-state index is 13.2. The van der Waals surface area contributed by atoms with Gasteiger partial charge in [-0.1, -0.05) is 29.3 Å². The molecule has 1 aromatic carbocycles. The summed E-state index contributed by atoms with van der Waals surface area (Å²) in [6.45, 7) is 5.17. The molecule has 1 saturated heterocycles. The lowest BCUT2D eigenvalue weighted by Gasteiger charge is -2.35. The highest BCUT2D eigenvalue weighted by atomic mass is 35.5. The summed E-state index contributed by atoms with van der Waals surface area (Å²) in [6.07, 6.45) is 1.70. The second kappa shape index (κ2) is 9.19. The van der Waals surface area contributed by atoms with E-state index in [1.54, 1.807) is 13.1 Å². The quantitative estimate of drug-likeness (QED) is 0.574. The normalized spacial score (nSPS) is 15.1. The Balaban J connectivity index is 1.50. The van der Waals surface area contributed by atoms with Crippen molar-refractivity contribution < 1.29 is 8.42 Å². The van der Waals surface area contributed by atoms with Gasteiger partial charge in [0.2, 0.25) is 10.0 Å². The predicted molar refractivity (Wildman–Crippen MR) is 126 cm³/mol. The van der Waals surface area contributed by atoms with Gasteiger partial charge in [0.15, 0.2) is 0 Å². The molecule has 1 aliphatic rings. The van der Waals surface area contributed by atoms with Crippen molar-refractivity contribution in [3.8, 4) is 0 Å². The van der Waals surface area contributed by atoms with E-state index in [0.29, 0.717) is 54.2 Å². The highest BCUT2D eigenvalue weighted by Gasteiger charge is 2.31. The molecular formula is C21H22Cl2N6O2S. The third kappa shape index (κ3) is 4.80. The summed E-state index contributed by atoms with van der Waals surface area (Å²) in [6, 6.07) is 10.4. The van der Waals surface area contributed by atoms with Gasteiger partial charge in [-0.25, -0.2) is 23.4 Å². The zero-order valence-electron chi connectivity index (χ0n) is 17.6. The number of anilines is 3. The number of nitrogens with zero attached hydrogens (tertiary/aromatic N) is 5. The van der Waals surface area contributed by atoms with Crippen molar-refractivity contribution in [3.05, 3.63) is 64.0 Å². The smallest absolute Gasteiger partial charge is 0.244 e. The van der Waals surface area contributed by atoms with Crippen LogP contribution in [0, 0.1) is 13.8 Å². The average molecular weight is 493 g/mol. The third-order valence-corrected chi connectivity index (χ3v) is 7.91. The Hall–Kier alpha value is -2.46. The molecule has 3 aromatic rings. The molecule has 0 unspecified atom stereocenters. The number of aryl methyl sites for hydroxylation is 2. The van der Waals surface area contributed by atoms with E-state index in [-0.39, 0.29) is 9.92 Å². The Labute approximate surface area is 197 Å². The van der Waals surface area contributed by atoms with Crippen molar-refractivity contribution >= 4 is 50.7 Å². The Kier molecular flexibility index (Phi) is 6.52. The minimum atomic E-state index is -3.73. The van der Waals surface area contributed by atoms with Crippen molar-refractivity contribution in [2.75, 3.05) is 36.4 Å². The van der Waals surface area contributed by atoms with Gasteiger partial charge < -0.3 is 10.2 Å². The van der Waals surface area contributed by atoms with Crippen LogP contribution >= 0.6 is 23.2 Å². The van der Waals surface area contributed by atoms with E-state index in [1.807, 2.05) is 36.1 Å². The maximum Gasteiger partial charge on any atom is 0.244 e. The van der Waals surface area contributed by atoms with Crippen molar-refractivity contribution in [2.45, 2.75) is 18.7 Å². The maximum absolute atomic E-state index is 13.2. The minimum absolute atomic E-state index is 0.0780. The molecule has 0 amide bonds. The Morgan fingerprint density at radius 3 is 2.38 bits per heavy atom. The van der Waals surface area contributed by atoms with Crippen LogP contribution in [0.1, 0.15) is 11.4 Å². The second-order valence-electron chi connectivity index (χ2n) is 7.42. The fourth-order valence-corrected chi connectivity index (χ4v) is 5.70. The van der Waals surface area contributed by atoms with E-state index >= 15 is 0 Å². The van der Waals surface area contributed by atoms with E-state index in [9.17, 15) is 8.42 Å². The summed E-state index contributed by atoms with van der Waals surface area (Å²) in [5.41, 5.74) is 0.665. The standard InChI is InChI=1S/C21H22Cl2N6O2S/c1-14-11-18(17(23)12-16(14)22)32(30,31)29-9-7-28(8-10-29)21-13-20(25-15(2)26-21)27-19-5-3-4-6-24-19/h3-6,11-13H,7-10H2,1-2H3,(H,24,25,26,27). The molecule has 0 saturated carbocycles. The number of aromatic nitrogens is 3. The number of nitrogens with one attached hydrogen (secondary N) is 1. The third-order valence-electron chi connectivity index (χ3n) is 5.14. The van der Waals surface area contributed by atoms with Gasteiger partial charge in [-0.2, -0.15) is 4.31 Å². The van der Waals surface area contributed by atoms with Crippen LogP contribution in [0.25, 0.3) is 0 Å². The number of benzene rings is 1. The molecule has 0 radical (unpaired) electrons. The lowest BCUT2D eigenvalue weighted by Crippen LogP contribution is -2.49. The first-order valence-electron chi connectivity index (χ1n) is 9.98. The van der Waals surface area contributed by atoms with E-state index < -0.39 is 10.0 Å². The highest BCUT2D eigenvalue weighted by Crippen LogP contribution is 2.31. The van der Waals surface area contributed by atoms with Crippen LogP contribution in [0.4, 0.5) is 17.5 Å². The summed E-state index contributed by atoms with van der Waals surface area (Å²) in [4.78, 5) is 15.3. The molecule has 1 aliphatic heterocycles. The zero-order chi connectivity index (χ0) is 22.9. The zero-order valence-corrected chi connectivity index (χ0v) is 19.9. The summed E-state index contributed by atoms with van der Waals surface area (Å²) in [5, 5.41) is 3.74. The Bertz CT molecular complexity index is 1230. The van der Waals surface area contributed by atoms with Crippen molar-refractivity contribution in [2.24, 2.45) is 0 Å². The SMILES string of the molecule is Cc1nc(Nc2ccccn2)cc(N2CCN(S(=O)(=O)c3cc(C)c(Cl)cc3Cl)CC2)n1. The van der Waals surface area contributed by atoms with E-state index in [2.05, 4.69) is 20.3 Å². The summed E-state index contributed by atoms with van der Waals surface area (Å²) < 4.78 is 27.8. The molecule has 168 valence electrons. The van der Waals surface area contributed by atoms with Gasteiger partial charge in [0, 0.05) is 43.5 Å². The van der Waals surface area contributed by atoms with Crippen LogP contribution in [0.15, 0.2) is 47.5 Å². The summed E-state index contributed by atoms with van der Waals surface area (Å²) >= 11 is 12.3. The molecule has 0 atom stereocenters. The van der Waals surface area contributed by atoms with E-state index in [4.69, 9.17) is 23.2 Å².